The van der Waals surface area contributed by atoms with Gasteiger partial charge in [-0.05, 0) is 31.7 Å². The maximum Gasteiger partial charge on any atom is 0.184 e. The number of pyridine rings is 1. The minimum Gasteiger partial charge on any atom is -0.202 e. The van der Waals surface area contributed by atoms with Crippen molar-refractivity contribution in [2.24, 2.45) is 0 Å². The number of rotatable bonds is 29. The van der Waals surface area contributed by atoms with Gasteiger partial charge in [-0.25, -0.2) is 4.57 Å². The second-order valence-corrected chi connectivity index (χ2v) is 12.3. The lowest BCUT2D eigenvalue weighted by Gasteiger charge is -2.11. The van der Waals surface area contributed by atoms with Crippen LogP contribution in [0.1, 0.15) is 199 Å². The third-order valence-electron chi connectivity index (χ3n) is 8.60. The Morgan fingerprint density at radius 1 is 0.421 bits per heavy atom. The third-order valence-corrected chi connectivity index (χ3v) is 8.60. The molecule has 0 aliphatic heterocycles. The largest absolute Gasteiger partial charge is 0.202 e. The minimum absolute atomic E-state index is 1.23. The maximum atomic E-state index is 2.66. The highest BCUT2D eigenvalue weighted by Gasteiger charge is 2.15. The monoisotopic (exact) mass is 529 g/mol. The van der Waals surface area contributed by atoms with Gasteiger partial charge in [0.1, 0.15) is 6.54 Å². The molecular formula is C37H70N+. The van der Waals surface area contributed by atoms with E-state index in [1.165, 1.54) is 186 Å². The first-order valence-corrected chi connectivity index (χ1v) is 17.8. The molecule has 1 heterocycles. The predicted molar refractivity (Wildman–Crippen MR) is 171 cm³/mol. The van der Waals surface area contributed by atoms with Crippen LogP contribution in [0, 0.1) is 0 Å². The van der Waals surface area contributed by atoms with Crippen molar-refractivity contribution in [3.63, 3.8) is 0 Å². The van der Waals surface area contributed by atoms with Crippen molar-refractivity contribution in [2.75, 3.05) is 0 Å². The smallest absolute Gasteiger partial charge is 0.184 e. The van der Waals surface area contributed by atoms with Gasteiger partial charge in [0.05, 0.1) is 0 Å². The molecule has 1 heteroatoms. The van der Waals surface area contributed by atoms with E-state index >= 15 is 0 Å². The minimum atomic E-state index is 1.23. The van der Waals surface area contributed by atoms with Gasteiger partial charge in [0.15, 0.2) is 11.9 Å². The van der Waals surface area contributed by atoms with Gasteiger partial charge in [0.2, 0.25) is 0 Å². The molecule has 0 saturated heterocycles. The molecule has 0 N–H and O–H groups in total. The molecule has 0 bridgehead atoms. The van der Waals surface area contributed by atoms with Gasteiger partial charge in [0.25, 0.3) is 0 Å². The van der Waals surface area contributed by atoms with Crippen LogP contribution >= 0.6 is 0 Å². The van der Waals surface area contributed by atoms with Gasteiger partial charge in [-0.2, -0.15) is 0 Å². The van der Waals surface area contributed by atoms with E-state index in [9.17, 15) is 0 Å². The molecule has 1 aromatic rings. The molecule has 1 rings (SSSR count). The molecule has 0 radical (unpaired) electrons. The molecule has 0 aromatic carbocycles. The van der Waals surface area contributed by atoms with Crippen LogP contribution in [0.3, 0.4) is 0 Å². The highest BCUT2D eigenvalue weighted by atomic mass is 15.0. The Morgan fingerprint density at radius 3 is 1.24 bits per heavy atom. The number of hydrogen-bond acceptors (Lipinski definition) is 0. The average molecular weight is 529 g/mol. The molecule has 1 nitrogen and oxygen atoms in total. The second-order valence-electron chi connectivity index (χ2n) is 12.3. The maximum absolute atomic E-state index is 2.66. The van der Waals surface area contributed by atoms with Crippen LogP contribution in [0.5, 0.6) is 0 Å². The van der Waals surface area contributed by atoms with E-state index in [1.807, 2.05) is 0 Å². The molecule has 222 valence electrons. The molecule has 0 fully saturated rings. The summed E-state index contributed by atoms with van der Waals surface area (Å²) >= 11 is 0. The summed E-state index contributed by atoms with van der Waals surface area (Å²) in [5, 5.41) is 0. The van der Waals surface area contributed by atoms with Gasteiger partial charge >= 0.3 is 0 Å². The van der Waals surface area contributed by atoms with E-state index in [-0.39, 0.29) is 0 Å². The zero-order chi connectivity index (χ0) is 27.4. The summed E-state index contributed by atoms with van der Waals surface area (Å²) in [5.74, 6) is 0. The summed E-state index contributed by atoms with van der Waals surface area (Å²) in [6.07, 6.45) is 41.9. The molecule has 0 saturated carbocycles. The van der Waals surface area contributed by atoms with Crippen molar-refractivity contribution in [2.45, 2.75) is 207 Å². The predicted octanol–water partition coefficient (Wildman–Crippen LogP) is 12.3. The van der Waals surface area contributed by atoms with E-state index in [1.54, 1.807) is 11.3 Å². The van der Waals surface area contributed by atoms with Crippen molar-refractivity contribution in [1.29, 1.82) is 0 Å². The quantitative estimate of drug-likeness (QED) is 0.0719. The van der Waals surface area contributed by atoms with Crippen LogP contribution < -0.4 is 4.57 Å². The normalized spacial score (nSPS) is 11.4. The van der Waals surface area contributed by atoms with Crippen molar-refractivity contribution >= 4 is 0 Å². The summed E-state index contributed by atoms with van der Waals surface area (Å²) in [7, 11) is 0. The first-order chi connectivity index (χ1) is 18.8. The zero-order valence-corrected chi connectivity index (χ0v) is 26.7. The highest BCUT2D eigenvalue weighted by molar-refractivity contribution is 5.16. The van der Waals surface area contributed by atoms with Crippen molar-refractivity contribution in [1.82, 2.24) is 0 Å². The Morgan fingerprint density at radius 2 is 0.789 bits per heavy atom. The molecular weight excluding hydrogens is 458 g/mol. The molecule has 0 aliphatic rings. The Bertz CT molecular complexity index is 607. The van der Waals surface area contributed by atoms with Crippen molar-refractivity contribution in [3.8, 4) is 0 Å². The fraction of sp³-hybridized carbons (Fsp3) is 0.865. The van der Waals surface area contributed by atoms with Crippen LogP contribution in [0.15, 0.2) is 18.3 Å². The molecule has 1 aromatic heterocycles. The first kappa shape index (κ1) is 35.2. The first-order valence-electron chi connectivity index (χ1n) is 17.8. The number of aryl methyl sites for hydroxylation is 2. The van der Waals surface area contributed by atoms with E-state index in [4.69, 9.17) is 0 Å². The summed E-state index contributed by atoms with van der Waals surface area (Å²) < 4.78 is 2.66. The molecule has 0 unspecified atom stereocenters. The Balaban J connectivity index is 2.45. The van der Waals surface area contributed by atoms with Gasteiger partial charge in [0, 0.05) is 24.5 Å². The zero-order valence-electron chi connectivity index (χ0n) is 26.7. The van der Waals surface area contributed by atoms with E-state index in [0.717, 1.165) is 0 Å². The standard InChI is InChI=1S/C37H70N/c1-4-7-10-13-16-19-21-24-27-31-36-32-30-35-38(34-29-26-23-18-15-12-9-6-3)37(36)33-28-25-22-20-17-14-11-8-5-2/h30,32,35H,4-29,31,33-34H2,1-3H3/q+1. The Hall–Kier alpha value is -0.850. The fourth-order valence-electron chi connectivity index (χ4n) is 6.02. The number of nitrogens with zero attached hydrogens (tertiary/aromatic N) is 1. The van der Waals surface area contributed by atoms with Gasteiger partial charge in [-0.15, -0.1) is 0 Å². The van der Waals surface area contributed by atoms with Gasteiger partial charge < -0.3 is 0 Å². The summed E-state index contributed by atoms with van der Waals surface area (Å²) in [6.45, 7) is 8.17. The molecule has 0 spiro atoms. The fourth-order valence-corrected chi connectivity index (χ4v) is 6.02. The summed E-state index contributed by atoms with van der Waals surface area (Å²) in [6, 6.07) is 4.80. The Kier molecular flexibility index (Phi) is 25.6. The van der Waals surface area contributed by atoms with Gasteiger partial charge in [-0.1, -0.05) is 162 Å². The van der Waals surface area contributed by atoms with Crippen molar-refractivity contribution < 1.29 is 4.57 Å². The SMILES string of the molecule is CCCCCCCCCCCc1ccc[n+](CCCCCCCCCC)c1CCCCCCCCCCC. The Labute approximate surface area is 241 Å². The average Bonchev–Trinajstić information content (AvgIpc) is 2.93. The lowest BCUT2D eigenvalue weighted by Crippen LogP contribution is -2.39. The van der Waals surface area contributed by atoms with Gasteiger partial charge in [-0.3, -0.25) is 0 Å². The molecule has 0 atom stereocenters. The van der Waals surface area contributed by atoms with E-state index in [0.29, 0.717) is 0 Å². The third kappa shape index (κ3) is 20.1. The van der Waals surface area contributed by atoms with Crippen LogP contribution in [-0.4, -0.2) is 0 Å². The van der Waals surface area contributed by atoms with E-state index in [2.05, 4.69) is 43.7 Å². The van der Waals surface area contributed by atoms with Crippen molar-refractivity contribution in [3.05, 3.63) is 29.6 Å². The van der Waals surface area contributed by atoms with Crippen LogP contribution in [0.2, 0.25) is 0 Å². The summed E-state index contributed by atoms with van der Waals surface area (Å²) in [4.78, 5) is 0. The molecule has 0 amide bonds. The number of aromatic nitrogens is 1. The number of unbranched alkanes of at least 4 members (excludes halogenated alkanes) is 23. The number of hydrogen-bond donors (Lipinski definition) is 0. The lowest BCUT2D eigenvalue weighted by molar-refractivity contribution is -0.705. The lowest BCUT2D eigenvalue weighted by atomic mass is 9.99. The van der Waals surface area contributed by atoms with E-state index < -0.39 is 0 Å². The molecule has 38 heavy (non-hydrogen) atoms. The summed E-state index contributed by atoms with van der Waals surface area (Å²) in [5.41, 5.74) is 3.34. The highest BCUT2D eigenvalue weighted by Crippen LogP contribution is 2.17. The second kappa shape index (κ2) is 27.7. The van der Waals surface area contributed by atoms with Crippen LogP contribution in [0.4, 0.5) is 0 Å². The molecule has 0 aliphatic carbocycles. The van der Waals surface area contributed by atoms with Crippen LogP contribution in [-0.2, 0) is 19.4 Å². The van der Waals surface area contributed by atoms with Crippen LogP contribution in [0.25, 0.3) is 0 Å². The topological polar surface area (TPSA) is 3.88 Å².